The van der Waals surface area contributed by atoms with Crippen LogP contribution in [0.5, 0.6) is 11.5 Å². The van der Waals surface area contributed by atoms with Crippen molar-refractivity contribution in [2.24, 2.45) is 0 Å². The van der Waals surface area contributed by atoms with Crippen LogP contribution in [-0.4, -0.2) is 30.8 Å². The number of nitrogens with one attached hydrogen (secondary N) is 1. The molecule has 1 aliphatic heterocycles. The van der Waals surface area contributed by atoms with Gasteiger partial charge in [0.25, 0.3) is 0 Å². The molecule has 0 amide bonds. The van der Waals surface area contributed by atoms with E-state index in [1.54, 1.807) is 19.1 Å². The van der Waals surface area contributed by atoms with Gasteiger partial charge in [-0.3, -0.25) is 4.79 Å². The predicted octanol–water partition coefficient (Wildman–Crippen LogP) is 1.37. The number of esters is 1. The van der Waals surface area contributed by atoms with E-state index in [-0.39, 0.29) is 17.8 Å². The Morgan fingerprint density at radius 1 is 1.61 bits per heavy atom. The number of hydrogen-bond acceptors (Lipinski definition) is 5. The fraction of sp³-hybridized carbons (Fsp3) is 0.462. The van der Waals surface area contributed by atoms with Crippen molar-refractivity contribution < 1.29 is 19.4 Å². The zero-order valence-electron chi connectivity index (χ0n) is 10.3. The molecule has 98 valence electrons. The van der Waals surface area contributed by atoms with Gasteiger partial charge in [0, 0.05) is 18.2 Å². The predicted molar refractivity (Wildman–Crippen MR) is 65.6 cm³/mol. The van der Waals surface area contributed by atoms with E-state index in [1.165, 1.54) is 0 Å². The minimum Gasteiger partial charge on any atom is -0.508 e. The Bertz CT molecular complexity index is 433. The highest BCUT2D eigenvalue weighted by Crippen LogP contribution is 2.34. The van der Waals surface area contributed by atoms with E-state index in [9.17, 15) is 9.90 Å². The first-order valence-corrected chi connectivity index (χ1v) is 6.05. The molecule has 0 saturated carbocycles. The summed E-state index contributed by atoms with van der Waals surface area (Å²) in [4.78, 5) is 11.2. The molecule has 0 spiro atoms. The quantitative estimate of drug-likeness (QED) is 0.774. The van der Waals surface area contributed by atoms with E-state index < -0.39 is 0 Å². The van der Waals surface area contributed by atoms with Gasteiger partial charge < -0.3 is 19.9 Å². The molecule has 0 fully saturated rings. The standard InChI is InChI=1S/C13H17NO4/c1-2-17-13(16)5-6-14-11-8-18-12-7-9(15)3-4-10(11)12/h3-4,7,11,14-15H,2,5-6,8H2,1H3. The van der Waals surface area contributed by atoms with Crippen molar-refractivity contribution in [1.82, 2.24) is 5.32 Å². The first kappa shape index (κ1) is 12.7. The van der Waals surface area contributed by atoms with E-state index in [0.717, 1.165) is 5.56 Å². The molecule has 0 radical (unpaired) electrons. The van der Waals surface area contributed by atoms with Gasteiger partial charge in [0.1, 0.15) is 18.1 Å². The van der Waals surface area contributed by atoms with Gasteiger partial charge in [-0.25, -0.2) is 0 Å². The lowest BCUT2D eigenvalue weighted by molar-refractivity contribution is -0.143. The molecule has 0 aromatic heterocycles. The Morgan fingerprint density at radius 2 is 2.44 bits per heavy atom. The molecule has 2 rings (SSSR count). The largest absolute Gasteiger partial charge is 0.508 e. The van der Waals surface area contributed by atoms with Gasteiger partial charge in [0.05, 0.1) is 19.1 Å². The molecule has 0 saturated heterocycles. The summed E-state index contributed by atoms with van der Waals surface area (Å²) >= 11 is 0. The Kier molecular flexibility index (Phi) is 4.04. The van der Waals surface area contributed by atoms with Crippen LogP contribution >= 0.6 is 0 Å². The van der Waals surface area contributed by atoms with Crippen molar-refractivity contribution in [3.63, 3.8) is 0 Å². The Hall–Kier alpha value is -1.75. The summed E-state index contributed by atoms with van der Waals surface area (Å²) in [6.45, 7) is 3.27. The molecule has 0 aliphatic carbocycles. The highest BCUT2D eigenvalue weighted by molar-refractivity contribution is 5.69. The average molecular weight is 251 g/mol. The molecule has 1 aromatic carbocycles. The monoisotopic (exact) mass is 251 g/mol. The van der Waals surface area contributed by atoms with Crippen LogP contribution in [0, 0.1) is 0 Å². The second-order valence-corrected chi connectivity index (χ2v) is 4.09. The maximum Gasteiger partial charge on any atom is 0.307 e. The van der Waals surface area contributed by atoms with Gasteiger partial charge >= 0.3 is 5.97 Å². The highest BCUT2D eigenvalue weighted by Gasteiger charge is 2.23. The van der Waals surface area contributed by atoms with E-state index in [2.05, 4.69) is 5.32 Å². The number of fused-ring (bicyclic) bond motifs is 1. The third kappa shape index (κ3) is 2.92. The molecule has 1 heterocycles. The number of aromatic hydroxyl groups is 1. The van der Waals surface area contributed by atoms with Crippen LogP contribution in [0.25, 0.3) is 0 Å². The minimum absolute atomic E-state index is 0.0648. The van der Waals surface area contributed by atoms with Gasteiger partial charge in [-0.15, -0.1) is 0 Å². The summed E-state index contributed by atoms with van der Waals surface area (Å²) in [6, 6.07) is 5.13. The maximum absolute atomic E-state index is 11.2. The third-order valence-electron chi connectivity index (χ3n) is 2.80. The van der Waals surface area contributed by atoms with Crippen LogP contribution in [0.1, 0.15) is 24.9 Å². The normalized spacial score (nSPS) is 17.1. The number of carbonyl (C=O) groups excluding carboxylic acids is 1. The van der Waals surface area contributed by atoms with Crippen LogP contribution in [0.15, 0.2) is 18.2 Å². The number of phenols is 1. The summed E-state index contributed by atoms with van der Waals surface area (Å²) in [5, 5.41) is 12.6. The van der Waals surface area contributed by atoms with Gasteiger partial charge in [-0.05, 0) is 19.1 Å². The lowest BCUT2D eigenvalue weighted by Gasteiger charge is -2.11. The topological polar surface area (TPSA) is 67.8 Å². The van der Waals surface area contributed by atoms with Crippen LogP contribution < -0.4 is 10.1 Å². The van der Waals surface area contributed by atoms with Crippen molar-refractivity contribution in [1.29, 1.82) is 0 Å². The number of benzene rings is 1. The molecular formula is C13H17NO4. The second-order valence-electron chi connectivity index (χ2n) is 4.09. The Balaban J connectivity index is 1.85. The van der Waals surface area contributed by atoms with Crippen molar-refractivity contribution >= 4 is 5.97 Å². The molecule has 0 bridgehead atoms. The van der Waals surface area contributed by atoms with Crippen molar-refractivity contribution in [3.05, 3.63) is 23.8 Å². The Labute approximate surface area is 106 Å². The van der Waals surface area contributed by atoms with Crippen molar-refractivity contribution in [2.75, 3.05) is 19.8 Å². The zero-order valence-corrected chi connectivity index (χ0v) is 10.3. The summed E-state index contributed by atoms with van der Waals surface area (Å²) in [6.07, 6.45) is 0.345. The number of rotatable bonds is 5. The van der Waals surface area contributed by atoms with Gasteiger partial charge in [-0.2, -0.15) is 0 Å². The lowest BCUT2D eigenvalue weighted by atomic mass is 10.1. The molecule has 1 unspecified atom stereocenters. The van der Waals surface area contributed by atoms with Crippen LogP contribution in [0.3, 0.4) is 0 Å². The maximum atomic E-state index is 11.2. The van der Waals surface area contributed by atoms with E-state index >= 15 is 0 Å². The SMILES string of the molecule is CCOC(=O)CCNC1COc2cc(O)ccc21. The van der Waals surface area contributed by atoms with Crippen LogP contribution in [0.4, 0.5) is 0 Å². The number of carbonyl (C=O) groups is 1. The smallest absolute Gasteiger partial charge is 0.307 e. The number of phenolic OH excluding ortho intramolecular Hbond substituents is 1. The summed E-state index contributed by atoms with van der Waals surface area (Å²) < 4.78 is 10.3. The summed E-state index contributed by atoms with van der Waals surface area (Å²) in [5.41, 5.74) is 1.01. The van der Waals surface area contributed by atoms with E-state index in [0.29, 0.717) is 31.9 Å². The van der Waals surface area contributed by atoms with Crippen LogP contribution in [-0.2, 0) is 9.53 Å². The fourth-order valence-electron chi connectivity index (χ4n) is 1.95. The van der Waals surface area contributed by atoms with E-state index in [1.807, 2.05) is 6.07 Å². The van der Waals surface area contributed by atoms with Gasteiger partial charge in [0.15, 0.2) is 0 Å². The lowest BCUT2D eigenvalue weighted by Crippen LogP contribution is -2.25. The molecule has 1 aliphatic rings. The average Bonchev–Trinajstić information content (AvgIpc) is 2.72. The Morgan fingerprint density at radius 3 is 3.22 bits per heavy atom. The molecule has 5 nitrogen and oxygen atoms in total. The highest BCUT2D eigenvalue weighted by atomic mass is 16.5. The van der Waals surface area contributed by atoms with Crippen molar-refractivity contribution in [2.45, 2.75) is 19.4 Å². The molecule has 5 heteroatoms. The van der Waals surface area contributed by atoms with E-state index in [4.69, 9.17) is 9.47 Å². The summed E-state index contributed by atoms with van der Waals surface area (Å²) in [7, 11) is 0. The number of ether oxygens (including phenoxy) is 2. The molecular weight excluding hydrogens is 234 g/mol. The molecule has 2 N–H and O–H groups in total. The zero-order chi connectivity index (χ0) is 13.0. The number of hydrogen-bond donors (Lipinski definition) is 2. The fourth-order valence-corrected chi connectivity index (χ4v) is 1.95. The minimum atomic E-state index is -0.199. The first-order chi connectivity index (χ1) is 8.70. The molecule has 1 atom stereocenters. The third-order valence-corrected chi connectivity index (χ3v) is 2.80. The first-order valence-electron chi connectivity index (χ1n) is 6.05. The van der Waals surface area contributed by atoms with Gasteiger partial charge in [0.2, 0.25) is 0 Å². The second kappa shape index (κ2) is 5.73. The van der Waals surface area contributed by atoms with Crippen molar-refractivity contribution in [3.8, 4) is 11.5 Å². The van der Waals surface area contributed by atoms with Crippen LogP contribution in [0.2, 0.25) is 0 Å². The summed E-state index contributed by atoms with van der Waals surface area (Å²) in [5.74, 6) is 0.694. The molecule has 1 aromatic rings. The van der Waals surface area contributed by atoms with Gasteiger partial charge in [-0.1, -0.05) is 0 Å². The molecule has 18 heavy (non-hydrogen) atoms.